The summed E-state index contributed by atoms with van der Waals surface area (Å²) in [5.41, 5.74) is 0. The fraction of sp³-hybridized carbons (Fsp3) is 0.500. The second-order valence-corrected chi connectivity index (χ2v) is 6.07. The molecule has 0 aromatic carbocycles. The van der Waals surface area contributed by atoms with Gasteiger partial charge in [0.2, 0.25) is 17.7 Å². The molecule has 8 heteroatoms. The smallest absolute Gasteiger partial charge is 0.321 e. The molecule has 0 radical (unpaired) electrons. The molecule has 2 aliphatic rings. The van der Waals surface area contributed by atoms with Gasteiger partial charge in [-0.25, -0.2) is 4.79 Å². The number of fused-ring (bicyclic) bond motifs is 1. The molecule has 0 unspecified atom stereocenters. The van der Waals surface area contributed by atoms with Crippen molar-refractivity contribution < 1.29 is 23.6 Å². The van der Waals surface area contributed by atoms with E-state index in [0.717, 1.165) is 17.7 Å². The van der Waals surface area contributed by atoms with Crippen LogP contribution in [0, 0.1) is 11.8 Å². The van der Waals surface area contributed by atoms with Gasteiger partial charge in [-0.3, -0.25) is 24.6 Å². The molecule has 1 saturated carbocycles. The van der Waals surface area contributed by atoms with Gasteiger partial charge >= 0.3 is 6.03 Å². The maximum Gasteiger partial charge on any atom is 0.321 e. The van der Waals surface area contributed by atoms with Gasteiger partial charge in [0.25, 0.3) is 0 Å². The van der Waals surface area contributed by atoms with Crippen molar-refractivity contribution in [2.45, 2.75) is 32.2 Å². The number of imide groups is 2. The minimum atomic E-state index is -0.701. The molecule has 5 amide bonds. The molecule has 128 valence electrons. The summed E-state index contributed by atoms with van der Waals surface area (Å²) < 4.78 is 5.05. The van der Waals surface area contributed by atoms with Crippen LogP contribution < -0.4 is 10.6 Å². The number of carbonyl (C=O) groups excluding carboxylic acids is 4. The highest BCUT2D eigenvalue weighted by molar-refractivity contribution is 6.08. The van der Waals surface area contributed by atoms with E-state index in [1.54, 1.807) is 12.1 Å². The molecule has 0 bridgehead atoms. The van der Waals surface area contributed by atoms with E-state index < -0.39 is 18.5 Å². The molecule has 1 aromatic rings. The van der Waals surface area contributed by atoms with E-state index in [1.165, 1.54) is 6.26 Å². The van der Waals surface area contributed by atoms with Gasteiger partial charge in [0, 0.05) is 0 Å². The Labute approximate surface area is 138 Å². The Balaban J connectivity index is 1.50. The highest BCUT2D eigenvalue weighted by atomic mass is 16.3. The third-order valence-corrected chi connectivity index (χ3v) is 4.49. The number of rotatable bonds is 4. The fourth-order valence-corrected chi connectivity index (χ4v) is 3.32. The summed E-state index contributed by atoms with van der Waals surface area (Å²) in [4.78, 5) is 49.1. The number of amides is 5. The molecular formula is C16H19N3O5. The lowest BCUT2D eigenvalue weighted by Crippen LogP contribution is -2.46. The van der Waals surface area contributed by atoms with Gasteiger partial charge in [-0.05, 0) is 25.0 Å². The van der Waals surface area contributed by atoms with Gasteiger partial charge < -0.3 is 9.73 Å². The number of hydrogen-bond acceptors (Lipinski definition) is 5. The van der Waals surface area contributed by atoms with Crippen molar-refractivity contribution in [1.29, 1.82) is 0 Å². The largest absolute Gasteiger partial charge is 0.467 e. The average Bonchev–Trinajstić information content (AvgIpc) is 3.17. The zero-order valence-corrected chi connectivity index (χ0v) is 13.1. The number of furan rings is 1. The number of nitrogens with one attached hydrogen (secondary N) is 2. The molecule has 1 saturated heterocycles. The lowest BCUT2D eigenvalue weighted by Gasteiger charge is -2.19. The Bertz CT molecular complexity index is 631. The van der Waals surface area contributed by atoms with Crippen LogP contribution in [-0.2, 0) is 20.9 Å². The van der Waals surface area contributed by atoms with Gasteiger partial charge in [0.05, 0.1) is 24.6 Å². The van der Waals surface area contributed by atoms with Crippen LogP contribution in [0.2, 0.25) is 0 Å². The summed E-state index contributed by atoms with van der Waals surface area (Å²) >= 11 is 0. The first-order chi connectivity index (χ1) is 11.6. The van der Waals surface area contributed by atoms with Gasteiger partial charge in [0.1, 0.15) is 12.3 Å². The second-order valence-electron chi connectivity index (χ2n) is 6.07. The van der Waals surface area contributed by atoms with Crippen LogP contribution >= 0.6 is 0 Å². The second kappa shape index (κ2) is 6.86. The maximum atomic E-state index is 12.3. The molecule has 0 spiro atoms. The minimum Gasteiger partial charge on any atom is -0.467 e. The predicted octanol–water partition coefficient (Wildman–Crippen LogP) is 0.781. The molecular weight excluding hydrogens is 314 g/mol. The van der Waals surface area contributed by atoms with Crippen molar-refractivity contribution in [3.8, 4) is 0 Å². The quantitative estimate of drug-likeness (QED) is 0.792. The Kier molecular flexibility index (Phi) is 4.64. The Morgan fingerprint density at radius 2 is 1.83 bits per heavy atom. The summed E-state index contributed by atoms with van der Waals surface area (Å²) in [6.07, 6.45) is 4.71. The van der Waals surface area contributed by atoms with Crippen LogP contribution in [0.15, 0.2) is 22.8 Å². The van der Waals surface area contributed by atoms with Crippen molar-refractivity contribution in [1.82, 2.24) is 15.5 Å². The van der Waals surface area contributed by atoms with Crippen LogP contribution in [-0.4, -0.2) is 35.2 Å². The van der Waals surface area contributed by atoms with Gasteiger partial charge in [-0.2, -0.15) is 0 Å². The predicted molar refractivity (Wildman–Crippen MR) is 81.3 cm³/mol. The first-order valence-electron chi connectivity index (χ1n) is 8.01. The number of nitrogens with zero attached hydrogens (tertiary/aromatic N) is 1. The summed E-state index contributed by atoms with van der Waals surface area (Å²) in [6.45, 7) is -0.281. The normalized spacial score (nSPS) is 23.1. The van der Waals surface area contributed by atoms with Crippen molar-refractivity contribution in [2.24, 2.45) is 11.8 Å². The number of hydrogen-bond donors (Lipinski definition) is 2. The fourth-order valence-electron chi connectivity index (χ4n) is 3.32. The monoisotopic (exact) mass is 333 g/mol. The number of carbonyl (C=O) groups is 4. The summed E-state index contributed by atoms with van der Waals surface area (Å²) in [6, 6.07) is 2.67. The molecule has 3 rings (SSSR count). The lowest BCUT2D eigenvalue weighted by atomic mass is 9.81. The molecule has 2 atom stereocenters. The zero-order chi connectivity index (χ0) is 17.1. The highest BCUT2D eigenvalue weighted by Gasteiger charge is 2.48. The highest BCUT2D eigenvalue weighted by Crippen LogP contribution is 2.37. The molecule has 1 aliphatic carbocycles. The van der Waals surface area contributed by atoms with E-state index in [0.29, 0.717) is 18.6 Å². The van der Waals surface area contributed by atoms with E-state index in [4.69, 9.17) is 4.42 Å². The molecule has 2 heterocycles. The SMILES string of the molecule is O=C(CN1C(=O)[C@H]2CCCC[C@@H]2C1=O)NC(=O)NCc1ccco1. The Hall–Kier alpha value is -2.64. The standard InChI is InChI=1S/C16H19N3O5/c20-13(18-16(23)17-8-10-4-3-7-24-10)9-19-14(21)11-5-1-2-6-12(11)15(19)22/h3-4,7,11-12H,1-2,5-6,8-9H2,(H2,17,18,20,23)/t11-,12-/m0/s1. The van der Waals surface area contributed by atoms with Crippen LogP contribution in [0.5, 0.6) is 0 Å². The molecule has 2 N–H and O–H groups in total. The first kappa shape index (κ1) is 16.2. The molecule has 8 nitrogen and oxygen atoms in total. The lowest BCUT2D eigenvalue weighted by molar-refractivity contribution is -0.143. The van der Waals surface area contributed by atoms with Gasteiger partial charge in [0.15, 0.2) is 0 Å². The summed E-state index contributed by atoms with van der Waals surface area (Å²) in [7, 11) is 0. The van der Waals surface area contributed by atoms with Crippen molar-refractivity contribution in [3.05, 3.63) is 24.2 Å². The van der Waals surface area contributed by atoms with Crippen LogP contribution in [0.1, 0.15) is 31.4 Å². The van der Waals surface area contributed by atoms with E-state index in [1.807, 2.05) is 0 Å². The number of likely N-dealkylation sites (tertiary alicyclic amines) is 1. The van der Waals surface area contributed by atoms with Crippen molar-refractivity contribution >= 4 is 23.8 Å². The third kappa shape index (κ3) is 3.32. The first-order valence-corrected chi connectivity index (χ1v) is 8.01. The summed E-state index contributed by atoms with van der Waals surface area (Å²) in [5.74, 6) is -1.33. The molecule has 2 fully saturated rings. The Morgan fingerprint density at radius 3 is 2.42 bits per heavy atom. The zero-order valence-electron chi connectivity index (χ0n) is 13.1. The number of urea groups is 1. The van der Waals surface area contributed by atoms with Gasteiger partial charge in [-0.1, -0.05) is 12.8 Å². The summed E-state index contributed by atoms with van der Waals surface area (Å²) in [5, 5.41) is 4.58. The van der Waals surface area contributed by atoms with Crippen molar-refractivity contribution in [2.75, 3.05) is 6.54 Å². The van der Waals surface area contributed by atoms with Gasteiger partial charge in [-0.15, -0.1) is 0 Å². The molecule has 1 aliphatic heterocycles. The molecule has 1 aromatic heterocycles. The minimum absolute atomic E-state index is 0.137. The van der Waals surface area contributed by atoms with Crippen LogP contribution in [0.25, 0.3) is 0 Å². The van der Waals surface area contributed by atoms with E-state index in [9.17, 15) is 19.2 Å². The topological polar surface area (TPSA) is 109 Å². The van der Waals surface area contributed by atoms with E-state index in [-0.39, 0.29) is 30.2 Å². The Morgan fingerprint density at radius 1 is 1.17 bits per heavy atom. The molecule has 24 heavy (non-hydrogen) atoms. The van der Waals surface area contributed by atoms with E-state index >= 15 is 0 Å². The third-order valence-electron chi connectivity index (χ3n) is 4.49. The van der Waals surface area contributed by atoms with Crippen LogP contribution in [0.4, 0.5) is 4.79 Å². The van der Waals surface area contributed by atoms with Crippen molar-refractivity contribution in [3.63, 3.8) is 0 Å². The average molecular weight is 333 g/mol. The maximum absolute atomic E-state index is 12.3. The van der Waals surface area contributed by atoms with Crippen LogP contribution in [0.3, 0.4) is 0 Å². The van der Waals surface area contributed by atoms with E-state index in [2.05, 4.69) is 10.6 Å².